The Balaban J connectivity index is 2.07. The van der Waals surface area contributed by atoms with Crippen LogP contribution in [0.15, 0.2) is 46.9 Å². The number of hydrogen-bond acceptors (Lipinski definition) is 5. The number of nitro groups is 1. The fraction of sp³-hybridized carbons (Fsp3) is 0.0667. The van der Waals surface area contributed by atoms with E-state index in [-0.39, 0.29) is 23.0 Å². The molecule has 0 amide bonds. The normalized spacial score (nSPS) is 10.6. The second-order valence-electron chi connectivity index (χ2n) is 4.60. The van der Waals surface area contributed by atoms with Crippen LogP contribution < -0.4 is 0 Å². The molecule has 0 saturated carbocycles. The van der Waals surface area contributed by atoms with E-state index in [4.69, 9.17) is 4.42 Å². The van der Waals surface area contributed by atoms with E-state index >= 15 is 0 Å². The maximum atomic E-state index is 13.7. The van der Waals surface area contributed by atoms with Crippen molar-refractivity contribution in [2.24, 2.45) is 0 Å². The number of aromatic nitrogens is 2. The van der Waals surface area contributed by atoms with Gasteiger partial charge in [0.1, 0.15) is 5.82 Å². The highest BCUT2D eigenvalue weighted by Crippen LogP contribution is 2.31. The third kappa shape index (κ3) is 2.32. The summed E-state index contributed by atoms with van der Waals surface area (Å²) in [6, 6.07) is 10.6. The summed E-state index contributed by atoms with van der Waals surface area (Å²) < 4.78 is 19.2. The van der Waals surface area contributed by atoms with Gasteiger partial charge < -0.3 is 4.42 Å². The van der Waals surface area contributed by atoms with Crippen molar-refractivity contribution in [2.45, 2.75) is 6.92 Å². The number of nitrogens with zero attached hydrogens (tertiary/aromatic N) is 3. The molecule has 0 atom stereocenters. The van der Waals surface area contributed by atoms with Crippen LogP contribution in [0.5, 0.6) is 0 Å². The molecule has 110 valence electrons. The second kappa shape index (κ2) is 5.36. The van der Waals surface area contributed by atoms with Crippen LogP contribution in [0.3, 0.4) is 0 Å². The van der Waals surface area contributed by atoms with Gasteiger partial charge in [0, 0.05) is 17.2 Å². The fourth-order valence-electron chi connectivity index (χ4n) is 2.13. The number of halogens is 1. The van der Waals surface area contributed by atoms with E-state index in [2.05, 4.69) is 10.2 Å². The average Bonchev–Trinajstić information content (AvgIpc) is 2.97. The fourth-order valence-corrected chi connectivity index (χ4v) is 2.13. The van der Waals surface area contributed by atoms with E-state index in [1.54, 1.807) is 25.1 Å². The van der Waals surface area contributed by atoms with Crippen molar-refractivity contribution in [1.29, 1.82) is 0 Å². The molecule has 1 aromatic heterocycles. The van der Waals surface area contributed by atoms with Gasteiger partial charge in [-0.15, -0.1) is 10.2 Å². The van der Waals surface area contributed by atoms with Crippen LogP contribution in [0, 0.1) is 22.9 Å². The standard InChI is InChI=1S/C15H10FN3O3/c1-9-10(6-4-8-13(9)19(20)21)14-17-18-15(22-14)11-5-2-3-7-12(11)16/h2-8H,1H3. The molecule has 0 aliphatic rings. The maximum Gasteiger partial charge on any atom is 0.273 e. The monoisotopic (exact) mass is 299 g/mol. The Hall–Kier alpha value is -3.09. The first-order valence-corrected chi connectivity index (χ1v) is 6.40. The van der Waals surface area contributed by atoms with Crippen LogP contribution in [0.2, 0.25) is 0 Å². The first-order chi connectivity index (χ1) is 10.6. The molecule has 0 fully saturated rings. The summed E-state index contributed by atoms with van der Waals surface area (Å²) >= 11 is 0. The molecule has 0 N–H and O–H groups in total. The van der Waals surface area contributed by atoms with Crippen molar-refractivity contribution in [3.05, 3.63) is 64.0 Å². The van der Waals surface area contributed by atoms with Gasteiger partial charge in [-0.25, -0.2) is 4.39 Å². The highest BCUT2D eigenvalue weighted by atomic mass is 19.1. The van der Waals surface area contributed by atoms with Gasteiger partial charge in [0.05, 0.1) is 10.5 Å². The molecular weight excluding hydrogens is 289 g/mol. The smallest absolute Gasteiger partial charge is 0.273 e. The molecule has 7 heteroatoms. The van der Waals surface area contributed by atoms with Gasteiger partial charge in [0.15, 0.2) is 0 Å². The minimum Gasteiger partial charge on any atom is -0.416 e. The van der Waals surface area contributed by atoms with Gasteiger partial charge in [-0.05, 0) is 25.1 Å². The van der Waals surface area contributed by atoms with Crippen molar-refractivity contribution >= 4 is 5.69 Å². The van der Waals surface area contributed by atoms with Gasteiger partial charge >= 0.3 is 0 Å². The average molecular weight is 299 g/mol. The quantitative estimate of drug-likeness (QED) is 0.543. The molecule has 6 nitrogen and oxygen atoms in total. The molecule has 0 bridgehead atoms. The van der Waals surface area contributed by atoms with Crippen LogP contribution >= 0.6 is 0 Å². The van der Waals surface area contributed by atoms with Crippen LogP contribution in [-0.2, 0) is 0 Å². The number of benzene rings is 2. The van der Waals surface area contributed by atoms with E-state index in [9.17, 15) is 14.5 Å². The van der Waals surface area contributed by atoms with Crippen molar-refractivity contribution < 1.29 is 13.7 Å². The van der Waals surface area contributed by atoms with Gasteiger partial charge in [-0.1, -0.05) is 18.2 Å². The maximum absolute atomic E-state index is 13.7. The molecule has 3 aromatic rings. The summed E-state index contributed by atoms with van der Waals surface area (Å²) in [7, 11) is 0. The zero-order chi connectivity index (χ0) is 15.7. The first-order valence-electron chi connectivity index (χ1n) is 6.40. The summed E-state index contributed by atoms with van der Waals surface area (Å²) in [5.41, 5.74) is 1.01. The number of nitro benzene ring substituents is 1. The molecule has 22 heavy (non-hydrogen) atoms. The summed E-state index contributed by atoms with van der Waals surface area (Å²) in [5.74, 6) is -0.341. The van der Waals surface area contributed by atoms with E-state index in [1.807, 2.05) is 0 Å². The molecule has 0 spiro atoms. The van der Waals surface area contributed by atoms with E-state index in [0.29, 0.717) is 11.1 Å². The summed E-state index contributed by atoms with van der Waals surface area (Å²) in [6.45, 7) is 1.60. The van der Waals surface area contributed by atoms with E-state index in [1.165, 1.54) is 24.3 Å². The van der Waals surface area contributed by atoms with Gasteiger partial charge in [-0.3, -0.25) is 10.1 Å². The topological polar surface area (TPSA) is 82.1 Å². The molecule has 2 aromatic carbocycles. The number of hydrogen-bond donors (Lipinski definition) is 0. The highest BCUT2D eigenvalue weighted by Gasteiger charge is 2.19. The van der Waals surface area contributed by atoms with Gasteiger partial charge in [0.2, 0.25) is 5.89 Å². The van der Waals surface area contributed by atoms with Gasteiger partial charge in [-0.2, -0.15) is 0 Å². The Morgan fingerprint density at radius 1 is 1.05 bits per heavy atom. The highest BCUT2D eigenvalue weighted by molar-refractivity contribution is 5.65. The molecule has 0 saturated heterocycles. The lowest BCUT2D eigenvalue weighted by atomic mass is 10.1. The van der Waals surface area contributed by atoms with Crippen LogP contribution in [-0.4, -0.2) is 15.1 Å². The van der Waals surface area contributed by atoms with E-state index < -0.39 is 10.7 Å². The third-order valence-corrected chi connectivity index (χ3v) is 3.26. The van der Waals surface area contributed by atoms with E-state index in [0.717, 1.165) is 0 Å². The Morgan fingerprint density at radius 3 is 2.36 bits per heavy atom. The summed E-state index contributed by atoms with van der Waals surface area (Å²) in [6.07, 6.45) is 0. The van der Waals surface area contributed by atoms with Crippen molar-refractivity contribution in [3.63, 3.8) is 0 Å². The minimum absolute atomic E-state index is 0.0269. The predicted octanol–water partition coefficient (Wildman–Crippen LogP) is 3.76. The van der Waals surface area contributed by atoms with Crippen LogP contribution in [0.1, 0.15) is 5.56 Å². The Labute approximate surface area is 124 Å². The molecule has 3 rings (SSSR count). The summed E-state index contributed by atoms with van der Waals surface area (Å²) in [5, 5.41) is 18.6. The molecular formula is C15H10FN3O3. The molecule has 0 aliphatic heterocycles. The van der Waals surface area contributed by atoms with Crippen molar-refractivity contribution in [1.82, 2.24) is 10.2 Å². The first kappa shape index (κ1) is 13.9. The van der Waals surface area contributed by atoms with Crippen LogP contribution in [0.4, 0.5) is 10.1 Å². The Kier molecular flexibility index (Phi) is 3.38. The predicted molar refractivity (Wildman–Crippen MR) is 76.5 cm³/mol. The number of rotatable bonds is 3. The van der Waals surface area contributed by atoms with Crippen LogP contribution in [0.25, 0.3) is 22.9 Å². The lowest BCUT2D eigenvalue weighted by Crippen LogP contribution is -1.93. The Bertz CT molecular complexity index is 861. The third-order valence-electron chi connectivity index (χ3n) is 3.26. The van der Waals surface area contributed by atoms with Gasteiger partial charge in [0.25, 0.3) is 11.6 Å². The molecule has 0 radical (unpaired) electrons. The molecule has 0 unspecified atom stereocenters. The largest absolute Gasteiger partial charge is 0.416 e. The minimum atomic E-state index is -0.479. The SMILES string of the molecule is Cc1c(-c2nnc(-c3ccccc3F)o2)cccc1[N+](=O)[O-]. The molecule has 1 heterocycles. The zero-order valence-electron chi connectivity index (χ0n) is 11.5. The second-order valence-corrected chi connectivity index (χ2v) is 4.60. The molecule has 0 aliphatic carbocycles. The van der Waals surface area contributed by atoms with Crippen molar-refractivity contribution in [3.8, 4) is 22.9 Å². The summed E-state index contributed by atoms with van der Waals surface area (Å²) in [4.78, 5) is 10.5. The van der Waals surface area contributed by atoms with Crippen molar-refractivity contribution in [2.75, 3.05) is 0 Å². The Morgan fingerprint density at radius 2 is 1.68 bits per heavy atom. The zero-order valence-corrected chi connectivity index (χ0v) is 11.5. The lowest BCUT2D eigenvalue weighted by Gasteiger charge is -2.01. The lowest BCUT2D eigenvalue weighted by molar-refractivity contribution is -0.385.